The monoisotopic (exact) mass is 242 g/mol. The van der Waals surface area contributed by atoms with Crippen LogP contribution in [0.5, 0.6) is 0 Å². The highest BCUT2D eigenvalue weighted by molar-refractivity contribution is 5.89. The zero-order valence-electron chi connectivity index (χ0n) is 8.97. The van der Waals surface area contributed by atoms with Crippen molar-refractivity contribution in [2.75, 3.05) is 6.61 Å². The number of aliphatic hydroxyl groups is 3. The lowest BCUT2D eigenvalue weighted by molar-refractivity contribution is -0.0607. The Bertz CT molecular complexity index is 383. The Labute approximate surface area is 97.3 Å². The molecular weight excluding hydrogens is 228 g/mol. The van der Waals surface area contributed by atoms with Gasteiger partial charge in [0.2, 0.25) is 5.96 Å². The van der Waals surface area contributed by atoms with Crippen LogP contribution in [0.15, 0.2) is 22.4 Å². The van der Waals surface area contributed by atoms with E-state index < -0.39 is 31.1 Å². The summed E-state index contributed by atoms with van der Waals surface area (Å²) in [6.07, 6.45) is -2.79. The molecule has 4 atom stereocenters. The van der Waals surface area contributed by atoms with Gasteiger partial charge in [0, 0.05) is 0 Å². The second kappa shape index (κ2) is 4.41. The van der Waals surface area contributed by atoms with Crippen molar-refractivity contribution in [3.63, 3.8) is 0 Å². The van der Waals surface area contributed by atoms with Crippen LogP contribution in [0.3, 0.4) is 0 Å². The van der Waals surface area contributed by atoms with Crippen molar-refractivity contribution in [1.29, 1.82) is 0 Å². The molecule has 0 spiro atoms. The van der Waals surface area contributed by atoms with Crippen molar-refractivity contribution in [3.05, 3.63) is 12.4 Å². The molecular formula is C9H14N4O4. The van der Waals surface area contributed by atoms with Crippen LogP contribution in [-0.2, 0) is 4.74 Å². The quantitative estimate of drug-likeness (QED) is 0.426. The van der Waals surface area contributed by atoms with Gasteiger partial charge in [-0.1, -0.05) is 6.58 Å². The summed E-state index contributed by atoms with van der Waals surface area (Å²) in [6, 6.07) is 0. The van der Waals surface area contributed by atoms with Crippen LogP contribution in [-0.4, -0.2) is 63.7 Å². The minimum Gasteiger partial charge on any atom is -0.394 e. The molecule has 0 aliphatic carbocycles. The highest BCUT2D eigenvalue weighted by Gasteiger charge is 2.45. The van der Waals surface area contributed by atoms with Crippen LogP contribution in [0.25, 0.3) is 0 Å². The smallest absolute Gasteiger partial charge is 0.223 e. The molecule has 0 aromatic heterocycles. The third-order valence-electron chi connectivity index (χ3n) is 2.65. The van der Waals surface area contributed by atoms with Crippen molar-refractivity contribution < 1.29 is 20.1 Å². The van der Waals surface area contributed by atoms with E-state index >= 15 is 0 Å². The first kappa shape index (κ1) is 12.0. The van der Waals surface area contributed by atoms with Gasteiger partial charge in [-0.3, -0.25) is 4.90 Å². The predicted octanol–water partition coefficient (Wildman–Crippen LogP) is -2.44. The minimum atomic E-state index is -1.19. The number of hydrogen-bond donors (Lipinski definition) is 4. The molecule has 1 saturated heterocycles. The normalized spacial score (nSPS) is 37.5. The maximum atomic E-state index is 9.78. The van der Waals surface area contributed by atoms with Crippen molar-refractivity contribution in [2.24, 2.45) is 15.7 Å². The van der Waals surface area contributed by atoms with Gasteiger partial charge >= 0.3 is 0 Å². The van der Waals surface area contributed by atoms with Crippen LogP contribution in [0.1, 0.15) is 0 Å². The largest absolute Gasteiger partial charge is 0.394 e. The molecule has 0 bridgehead atoms. The molecule has 8 nitrogen and oxygen atoms in total. The van der Waals surface area contributed by atoms with Crippen LogP contribution >= 0.6 is 0 Å². The third-order valence-corrected chi connectivity index (χ3v) is 2.65. The standard InChI is InChI=1S/C9H14N4O4/c1-4-12-9(10)11-3-13(4)8-7(16)6(15)5(2-14)17-8/h3,5-8,14-16H,1-2H2,(H2,10,12)/t5-,6?,7+,8+/m0/s1. The molecule has 94 valence electrons. The van der Waals surface area contributed by atoms with E-state index in [1.54, 1.807) is 0 Å². The molecule has 8 heteroatoms. The van der Waals surface area contributed by atoms with Gasteiger partial charge < -0.3 is 25.8 Å². The second-order valence-corrected chi connectivity index (χ2v) is 3.77. The first-order valence-corrected chi connectivity index (χ1v) is 5.02. The maximum Gasteiger partial charge on any atom is 0.223 e. The number of guanidine groups is 1. The van der Waals surface area contributed by atoms with Crippen LogP contribution in [0.2, 0.25) is 0 Å². The summed E-state index contributed by atoms with van der Waals surface area (Å²) in [6.45, 7) is 3.24. The molecule has 5 N–H and O–H groups in total. The molecule has 2 heterocycles. The second-order valence-electron chi connectivity index (χ2n) is 3.77. The maximum absolute atomic E-state index is 9.78. The predicted molar refractivity (Wildman–Crippen MR) is 58.9 cm³/mol. The Morgan fingerprint density at radius 2 is 2.18 bits per heavy atom. The van der Waals surface area contributed by atoms with E-state index in [0.29, 0.717) is 0 Å². The third kappa shape index (κ3) is 2.03. The summed E-state index contributed by atoms with van der Waals surface area (Å²) in [4.78, 5) is 8.91. The molecule has 0 amide bonds. The lowest BCUT2D eigenvalue weighted by Crippen LogP contribution is -2.44. The molecule has 1 unspecified atom stereocenters. The fourth-order valence-electron chi connectivity index (χ4n) is 1.73. The van der Waals surface area contributed by atoms with Gasteiger partial charge in [0.05, 0.1) is 6.61 Å². The lowest BCUT2D eigenvalue weighted by atomic mass is 10.1. The molecule has 2 aliphatic rings. The minimum absolute atomic E-state index is 0.0537. The van der Waals surface area contributed by atoms with E-state index in [1.807, 2.05) is 0 Å². The Kier molecular flexibility index (Phi) is 3.11. The fraction of sp³-hybridized carbons (Fsp3) is 0.556. The van der Waals surface area contributed by atoms with Crippen LogP contribution in [0.4, 0.5) is 0 Å². The van der Waals surface area contributed by atoms with E-state index in [9.17, 15) is 10.2 Å². The Hall–Kier alpha value is -1.48. The topological polar surface area (TPSA) is 124 Å². The van der Waals surface area contributed by atoms with Gasteiger partial charge in [0.1, 0.15) is 30.5 Å². The van der Waals surface area contributed by atoms with E-state index in [-0.39, 0.29) is 11.8 Å². The van der Waals surface area contributed by atoms with Crippen molar-refractivity contribution in [1.82, 2.24) is 4.90 Å². The van der Waals surface area contributed by atoms with Crippen molar-refractivity contribution >= 4 is 12.3 Å². The molecule has 1 fully saturated rings. The van der Waals surface area contributed by atoms with Gasteiger partial charge in [-0.25, -0.2) is 4.99 Å². The number of nitrogens with two attached hydrogens (primary N) is 1. The molecule has 0 saturated carbocycles. The van der Waals surface area contributed by atoms with Gasteiger partial charge in [-0.05, 0) is 0 Å². The van der Waals surface area contributed by atoms with Crippen LogP contribution in [0, 0.1) is 0 Å². The van der Waals surface area contributed by atoms with Crippen LogP contribution < -0.4 is 5.73 Å². The first-order chi connectivity index (χ1) is 8.04. The Morgan fingerprint density at radius 3 is 2.71 bits per heavy atom. The van der Waals surface area contributed by atoms with Gasteiger partial charge in [0.25, 0.3) is 0 Å². The number of aliphatic hydroxyl groups excluding tert-OH is 3. The van der Waals surface area contributed by atoms with Gasteiger partial charge in [-0.2, -0.15) is 4.99 Å². The highest BCUT2D eigenvalue weighted by atomic mass is 16.6. The highest BCUT2D eigenvalue weighted by Crippen LogP contribution is 2.26. The Morgan fingerprint density at radius 1 is 1.47 bits per heavy atom. The van der Waals surface area contributed by atoms with E-state index in [2.05, 4.69) is 16.6 Å². The summed E-state index contributed by atoms with van der Waals surface area (Å²) >= 11 is 0. The first-order valence-electron chi connectivity index (χ1n) is 5.02. The summed E-state index contributed by atoms with van der Waals surface area (Å²) in [7, 11) is 0. The zero-order valence-corrected chi connectivity index (χ0v) is 8.97. The Balaban J connectivity index is 2.15. The molecule has 0 aromatic carbocycles. The van der Waals surface area contributed by atoms with E-state index in [1.165, 1.54) is 11.2 Å². The number of rotatable bonds is 2. The molecule has 2 aliphatic heterocycles. The number of ether oxygens (including phenoxy) is 1. The lowest BCUT2D eigenvalue weighted by Gasteiger charge is -2.29. The summed E-state index contributed by atoms with van der Waals surface area (Å²) in [5.74, 6) is 0.297. The summed E-state index contributed by atoms with van der Waals surface area (Å²) in [5.41, 5.74) is 5.37. The molecule has 2 rings (SSSR count). The molecule has 17 heavy (non-hydrogen) atoms. The number of hydrogen-bond acceptors (Lipinski definition) is 8. The number of nitrogens with zero attached hydrogens (tertiary/aromatic N) is 3. The molecule has 0 radical (unpaired) electrons. The summed E-state index contributed by atoms with van der Waals surface area (Å²) < 4.78 is 5.29. The zero-order chi connectivity index (χ0) is 12.6. The van der Waals surface area contributed by atoms with Gasteiger partial charge in [0.15, 0.2) is 6.23 Å². The van der Waals surface area contributed by atoms with Gasteiger partial charge in [-0.15, -0.1) is 0 Å². The average molecular weight is 242 g/mol. The fourth-order valence-corrected chi connectivity index (χ4v) is 1.73. The average Bonchev–Trinajstić information content (AvgIpc) is 2.57. The SMILES string of the molecule is C=C1N=C(N)N=CN1[C@@H]1O[C@@H](CO)C(O)[C@H]1O. The van der Waals surface area contributed by atoms with E-state index in [4.69, 9.17) is 15.6 Å². The molecule has 0 aromatic rings. The number of aliphatic imine (C=N–C) groups is 2. The van der Waals surface area contributed by atoms with E-state index in [0.717, 1.165) is 0 Å². The van der Waals surface area contributed by atoms with Crippen molar-refractivity contribution in [2.45, 2.75) is 24.5 Å². The summed E-state index contributed by atoms with van der Waals surface area (Å²) in [5, 5.41) is 28.3. The van der Waals surface area contributed by atoms with Crippen molar-refractivity contribution in [3.8, 4) is 0 Å².